The van der Waals surface area contributed by atoms with Crippen molar-refractivity contribution in [2.75, 3.05) is 12.3 Å². The number of carbonyl (C=O) groups excluding carboxylic acids is 2. The minimum Gasteiger partial charge on any atom is -0.351 e. The minimum atomic E-state index is -0.534. The van der Waals surface area contributed by atoms with Gasteiger partial charge < -0.3 is 16.4 Å². The molecular formula is C18H25ClFN3O2S. The zero-order valence-electron chi connectivity index (χ0n) is 14.4. The molecule has 4 N–H and O–H groups in total. The van der Waals surface area contributed by atoms with Gasteiger partial charge in [0.05, 0.1) is 5.25 Å². The lowest BCUT2D eigenvalue weighted by Gasteiger charge is -2.30. The highest BCUT2D eigenvalue weighted by Crippen LogP contribution is 2.26. The summed E-state index contributed by atoms with van der Waals surface area (Å²) in [4.78, 5) is 24.8. The molecule has 0 bridgehead atoms. The Morgan fingerprint density at radius 1 is 1.35 bits per heavy atom. The molecule has 2 fully saturated rings. The molecule has 4 unspecified atom stereocenters. The molecule has 0 aromatic heterocycles. The third-order valence-corrected chi connectivity index (χ3v) is 6.35. The number of benzene rings is 1. The molecule has 3 rings (SSSR count). The number of carbonyl (C=O) groups is 2. The Bertz CT molecular complexity index is 649. The van der Waals surface area contributed by atoms with Crippen LogP contribution in [0.4, 0.5) is 4.39 Å². The first-order valence-electron chi connectivity index (χ1n) is 8.74. The molecular weight excluding hydrogens is 377 g/mol. The standard InChI is InChI=1S/C18H24FN3O2S.ClH/c19-13-6-2-1-4-11(13)8-16-18(24)22-15(10-25-16)17(23)21-14-7-3-5-12(14)9-20;/h1-2,4,6,12,14-16H,3,5,7-10,20H2,(H,21,23)(H,22,24);1H. The van der Waals surface area contributed by atoms with Crippen LogP contribution in [0, 0.1) is 11.7 Å². The van der Waals surface area contributed by atoms with Crippen LogP contribution in [0.5, 0.6) is 0 Å². The van der Waals surface area contributed by atoms with Gasteiger partial charge in [0.2, 0.25) is 11.8 Å². The highest BCUT2D eigenvalue weighted by atomic mass is 35.5. The maximum atomic E-state index is 13.8. The Labute approximate surface area is 163 Å². The van der Waals surface area contributed by atoms with Crippen molar-refractivity contribution in [2.24, 2.45) is 11.7 Å². The van der Waals surface area contributed by atoms with E-state index in [0.29, 0.717) is 30.2 Å². The van der Waals surface area contributed by atoms with Gasteiger partial charge in [0.25, 0.3) is 0 Å². The van der Waals surface area contributed by atoms with Gasteiger partial charge in [-0.2, -0.15) is 0 Å². The lowest BCUT2D eigenvalue weighted by molar-refractivity contribution is -0.129. The van der Waals surface area contributed by atoms with Crippen molar-refractivity contribution in [2.45, 2.75) is 43.0 Å². The highest BCUT2D eigenvalue weighted by molar-refractivity contribution is 8.00. The minimum absolute atomic E-state index is 0. The summed E-state index contributed by atoms with van der Waals surface area (Å²) in [6.07, 6.45) is 3.38. The smallest absolute Gasteiger partial charge is 0.243 e. The molecule has 1 aliphatic heterocycles. The number of hydrogen-bond acceptors (Lipinski definition) is 4. The average molecular weight is 402 g/mol. The molecule has 1 aliphatic carbocycles. The fourth-order valence-electron chi connectivity index (χ4n) is 3.54. The summed E-state index contributed by atoms with van der Waals surface area (Å²) in [5, 5.41) is 5.45. The predicted octanol–water partition coefficient (Wildman–Crippen LogP) is 1.63. The van der Waals surface area contributed by atoms with Crippen LogP contribution in [0.3, 0.4) is 0 Å². The molecule has 1 saturated heterocycles. The van der Waals surface area contributed by atoms with E-state index in [1.165, 1.54) is 17.8 Å². The van der Waals surface area contributed by atoms with Gasteiger partial charge in [-0.1, -0.05) is 24.6 Å². The van der Waals surface area contributed by atoms with E-state index in [2.05, 4.69) is 10.6 Å². The average Bonchev–Trinajstić information content (AvgIpc) is 3.05. The first-order chi connectivity index (χ1) is 12.1. The number of nitrogens with one attached hydrogen (secondary N) is 2. The molecule has 4 atom stereocenters. The molecule has 1 saturated carbocycles. The summed E-state index contributed by atoms with van der Waals surface area (Å²) in [5.74, 6) is 0.169. The summed E-state index contributed by atoms with van der Waals surface area (Å²) in [6, 6.07) is 6.05. The van der Waals surface area contributed by atoms with Gasteiger partial charge in [-0.25, -0.2) is 4.39 Å². The second-order valence-corrected chi connectivity index (χ2v) is 7.96. The number of nitrogens with two attached hydrogens (primary N) is 1. The van der Waals surface area contributed by atoms with Gasteiger partial charge in [0.1, 0.15) is 11.9 Å². The lowest BCUT2D eigenvalue weighted by Crippen LogP contribution is -2.56. The maximum absolute atomic E-state index is 13.8. The van der Waals surface area contributed by atoms with Gasteiger partial charge in [0, 0.05) is 11.8 Å². The van der Waals surface area contributed by atoms with Crippen LogP contribution in [0.15, 0.2) is 24.3 Å². The SMILES string of the molecule is Cl.NCC1CCCC1NC(=O)C1CSC(Cc2ccccc2F)C(=O)N1. The summed E-state index contributed by atoms with van der Waals surface area (Å²) >= 11 is 1.41. The van der Waals surface area contributed by atoms with Crippen LogP contribution in [-0.2, 0) is 16.0 Å². The molecule has 2 amide bonds. The Kier molecular flexibility index (Phi) is 7.73. The second kappa shape index (κ2) is 9.58. The second-order valence-electron chi connectivity index (χ2n) is 6.72. The van der Waals surface area contributed by atoms with Crippen LogP contribution in [-0.4, -0.2) is 41.4 Å². The van der Waals surface area contributed by atoms with Crippen molar-refractivity contribution in [3.63, 3.8) is 0 Å². The number of hydrogen-bond donors (Lipinski definition) is 3. The summed E-state index contributed by atoms with van der Waals surface area (Å²) in [7, 11) is 0. The van der Waals surface area contributed by atoms with Gasteiger partial charge in [-0.15, -0.1) is 24.2 Å². The van der Waals surface area contributed by atoms with Crippen molar-refractivity contribution >= 4 is 36.0 Å². The van der Waals surface area contributed by atoms with E-state index in [0.717, 1.165) is 19.3 Å². The first kappa shape index (κ1) is 21.0. The zero-order valence-corrected chi connectivity index (χ0v) is 16.1. The molecule has 5 nitrogen and oxygen atoms in total. The maximum Gasteiger partial charge on any atom is 0.243 e. The van der Waals surface area contributed by atoms with Crippen LogP contribution in [0.25, 0.3) is 0 Å². The topological polar surface area (TPSA) is 84.2 Å². The van der Waals surface area contributed by atoms with Crippen LogP contribution >= 0.6 is 24.2 Å². The molecule has 2 aliphatic rings. The fraction of sp³-hybridized carbons (Fsp3) is 0.556. The van der Waals surface area contributed by atoms with E-state index in [1.54, 1.807) is 18.2 Å². The van der Waals surface area contributed by atoms with Crippen molar-refractivity contribution in [1.82, 2.24) is 10.6 Å². The monoisotopic (exact) mass is 401 g/mol. The normalized spacial score (nSPS) is 28.2. The van der Waals surface area contributed by atoms with Crippen molar-refractivity contribution in [1.29, 1.82) is 0 Å². The summed E-state index contributed by atoms with van der Waals surface area (Å²) in [5.41, 5.74) is 6.27. The quantitative estimate of drug-likeness (QED) is 0.700. The van der Waals surface area contributed by atoms with Crippen LogP contribution in [0.1, 0.15) is 24.8 Å². The predicted molar refractivity (Wildman–Crippen MR) is 104 cm³/mol. The third kappa shape index (κ3) is 4.90. The molecule has 0 radical (unpaired) electrons. The van der Waals surface area contributed by atoms with Crippen LogP contribution < -0.4 is 16.4 Å². The molecule has 1 aromatic carbocycles. The Balaban J connectivity index is 0.00000243. The van der Waals surface area contributed by atoms with E-state index >= 15 is 0 Å². The van der Waals surface area contributed by atoms with E-state index < -0.39 is 6.04 Å². The molecule has 1 heterocycles. The fourth-order valence-corrected chi connectivity index (χ4v) is 4.72. The highest BCUT2D eigenvalue weighted by Gasteiger charge is 2.35. The Morgan fingerprint density at radius 2 is 2.12 bits per heavy atom. The molecule has 1 aromatic rings. The van der Waals surface area contributed by atoms with Gasteiger partial charge in [0.15, 0.2) is 0 Å². The number of amides is 2. The molecule has 8 heteroatoms. The van der Waals surface area contributed by atoms with Crippen molar-refractivity contribution < 1.29 is 14.0 Å². The Morgan fingerprint density at radius 3 is 2.81 bits per heavy atom. The number of thioether (sulfide) groups is 1. The third-order valence-electron chi connectivity index (χ3n) is 5.04. The summed E-state index contributed by atoms with van der Waals surface area (Å²) in [6.45, 7) is 0.571. The van der Waals surface area contributed by atoms with Gasteiger partial charge in [-0.3, -0.25) is 9.59 Å². The van der Waals surface area contributed by atoms with E-state index in [9.17, 15) is 14.0 Å². The Hall–Kier alpha value is -1.31. The first-order valence-corrected chi connectivity index (χ1v) is 9.79. The molecule has 0 spiro atoms. The van der Waals surface area contributed by atoms with E-state index in [-0.39, 0.29) is 41.3 Å². The van der Waals surface area contributed by atoms with Crippen LogP contribution in [0.2, 0.25) is 0 Å². The van der Waals surface area contributed by atoms with E-state index in [1.807, 2.05) is 0 Å². The summed E-state index contributed by atoms with van der Waals surface area (Å²) < 4.78 is 13.8. The lowest BCUT2D eigenvalue weighted by atomic mass is 10.0. The largest absolute Gasteiger partial charge is 0.351 e. The zero-order chi connectivity index (χ0) is 17.8. The van der Waals surface area contributed by atoms with E-state index in [4.69, 9.17) is 5.73 Å². The molecule has 26 heavy (non-hydrogen) atoms. The number of rotatable bonds is 5. The number of halogens is 2. The molecule has 144 valence electrons. The van der Waals surface area contributed by atoms with Gasteiger partial charge >= 0.3 is 0 Å². The van der Waals surface area contributed by atoms with Crippen molar-refractivity contribution in [3.8, 4) is 0 Å². The van der Waals surface area contributed by atoms with Gasteiger partial charge in [-0.05, 0) is 43.4 Å². The van der Waals surface area contributed by atoms with Crippen molar-refractivity contribution in [3.05, 3.63) is 35.6 Å².